The van der Waals surface area contributed by atoms with E-state index in [2.05, 4.69) is 24.1 Å². The number of rotatable bonds is 11. The molecule has 108 valence electrons. The summed E-state index contributed by atoms with van der Waals surface area (Å²) < 4.78 is 10.9. The fraction of sp³-hybridized carbons (Fsp3) is 0.667. The zero-order valence-corrected chi connectivity index (χ0v) is 12.2. The van der Waals surface area contributed by atoms with Crippen LogP contribution in [0.1, 0.15) is 38.7 Å². The van der Waals surface area contributed by atoms with Crippen LogP contribution in [-0.2, 0) is 11.3 Å². The standard InChI is InChI=1S/C15H26N2O2/c1-3-5-9-18-10-11-19-15-7-6-14(13-17-15)12-16-8-4-2/h6-7,13,16H,3-5,8-12H2,1-2H3. The molecule has 0 saturated carbocycles. The van der Waals surface area contributed by atoms with E-state index in [4.69, 9.17) is 9.47 Å². The summed E-state index contributed by atoms with van der Waals surface area (Å²) in [4.78, 5) is 4.27. The minimum Gasteiger partial charge on any atom is -0.475 e. The molecule has 1 aromatic heterocycles. The van der Waals surface area contributed by atoms with E-state index in [-0.39, 0.29) is 0 Å². The Balaban J connectivity index is 2.13. The predicted molar refractivity (Wildman–Crippen MR) is 77.5 cm³/mol. The smallest absolute Gasteiger partial charge is 0.213 e. The van der Waals surface area contributed by atoms with Crippen LogP contribution in [0.25, 0.3) is 0 Å². The molecule has 0 unspecified atom stereocenters. The highest BCUT2D eigenvalue weighted by molar-refractivity contribution is 5.17. The third-order valence-corrected chi connectivity index (χ3v) is 2.67. The summed E-state index contributed by atoms with van der Waals surface area (Å²) in [5, 5.41) is 3.34. The third-order valence-electron chi connectivity index (χ3n) is 2.67. The molecule has 1 N–H and O–H groups in total. The highest BCUT2D eigenvalue weighted by Crippen LogP contribution is 2.07. The molecule has 4 heteroatoms. The van der Waals surface area contributed by atoms with Crippen molar-refractivity contribution in [1.82, 2.24) is 10.3 Å². The van der Waals surface area contributed by atoms with E-state index in [1.165, 1.54) is 5.56 Å². The molecule has 0 radical (unpaired) electrons. The van der Waals surface area contributed by atoms with Crippen LogP contribution in [0.15, 0.2) is 18.3 Å². The number of pyridine rings is 1. The summed E-state index contributed by atoms with van der Waals surface area (Å²) in [6.45, 7) is 8.21. The van der Waals surface area contributed by atoms with Crippen molar-refractivity contribution in [2.24, 2.45) is 0 Å². The van der Waals surface area contributed by atoms with Gasteiger partial charge < -0.3 is 14.8 Å². The molecule has 0 spiro atoms. The van der Waals surface area contributed by atoms with Crippen LogP contribution < -0.4 is 10.1 Å². The Bertz CT molecular complexity index is 314. The highest BCUT2D eigenvalue weighted by Gasteiger charge is 1.97. The van der Waals surface area contributed by atoms with Crippen molar-refractivity contribution >= 4 is 0 Å². The summed E-state index contributed by atoms with van der Waals surface area (Å²) in [7, 11) is 0. The average molecular weight is 266 g/mol. The van der Waals surface area contributed by atoms with Gasteiger partial charge >= 0.3 is 0 Å². The first-order chi connectivity index (χ1) is 9.36. The van der Waals surface area contributed by atoms with Gasteiger partial charge in [-0.05, 0) is 24.9 Å². The van der Waals surface area contributed by atoms with Gasteiger partial charge in [-0.1, -0.05) is 26.3 Å². The van der Waals surface area contributed by atoms with Gasteiger partial charge in [0.1, 0.15) is 6.61 Å². The molecule has 1 rings (SSSR count). The van der Waals surface area contributed by atoms with E-state index < -0.39 is 0 Å². The van der Waals surface area contributed by atoms with Gasteiger partial charge in [0.25, 0.3) is 0 Å². The summed E-state index contributed by atoms with van der Waals surface area (Å²) in [6, 6.07) is 3.96. The molecule has 0 aliphatic carbocycles. The zero-order valence-electron chi connectivity index (χ0n) is 12.2. The average Bonchev–Trinajstić information content (AvgIpc) is 2.44. The molecule has 0 aliphatic heterocycles. The maximum Gasteiger partial charge on any atom is 0.213 e. The Morgan fingerprint density at radius 2 is 2.00 bits per heavy atom. The van der Waals surface area contributed by atoms with Gasteiger partial charge in [-0.3, -0.25) is 0 Å². The number of hydrogen-bond donors (Lipinski definition) is 1. The maximum absolute atomic E-state index is 5.51. The monoisotopic (exact) mass is 266 g/mol. The molecule has 0 bridgehead atoms. The van der Waals surface area contributed by atoms with Crippen molar-refractivity contribution in [1.29, 1.82) is 0 Å². The Morgan fingerprint density at radius 3 is 2.68 bits per heavy atom. The van der Waals surface area contributed by atoms with Crippen LogP contribution in [0.3, 0.4) is 0 Å². The topological polar surface area (TPSA) is 43.4 Å². The van der Waals surface area contributed by atoms with Gasteiger partial charge in [0.05, 0.1) is 6.61 Å². The minimum atomic E-state index is 0.560. The lowest BCUT2D eigenvalue weighted by Crippen LogP contribution is -2.14. The van der Waals surface area contributed by atoms with E-state index in [9.17, 15) is 0 Å². The summed E-state index contributed by atoms with van der Waals surface area (Å²) in [6.07, 6.45) is 5.27. The van der Waals surface area contributed by atoms with Crippen molar-refractivity contribution in [2.75, 3.05) is 26.4 Å². The van der Waals surface area contributed by atoms with Gasteiger partial charge in [0, 0.05) is 25.4 Å². The van der Waals surface area contributed by atoms with Crippen molar-refractivity contribution < 1.29 is 9.47 Å². The first kappa shape index (κ1) is 15.9. The van der Waals surface area contributed by atoms with Crippen LogP contribution in [-0.4, -0.2) is 31.3 Å². The normalized spacial score (nSPS) is 10.6. The summed E-state index contributed by atoms with van der Waals surface area (Å²) in [5.74, 6) is 0.665. The largest absolute Gasteiger partial charge is 0.475 e. The van der Waals surface area contributed by atoms with E-state index in [0.717, 1.165) is 39.0 Å². The van der Waals surface area contributed by atoms with E-state index in [0.29, 0.717) is 19.1 Å². The number of ether oxygens (including phenoxy) is 2. The van der Waals surface area contributed by atoms with Crippen molar-refractivity contribution in [3.63, 3.8) is 0 Å². The Labute approximate surface area is 116 Å². The molecule has 0 aromatic carbocycles. The molecular formula is C15H26N2O2. The van der Waals surface area contributed by atoms with Crippen molar-refractivity contribution in [3.05, 3.63) is 23.9 Å². The third kappa shape index (κ3) is 7.80. The first-order valence-corrected chi connectivity index (χ1v) is 7.23. The number of hydrogen-bond acceptors (Lipinski definition) is 4. The Morgan fingerprint density at radius 1 is 1.11 bits per heavy atom. The van der Waals surface area contributed by atoms with Crippen molar-refractivity contribution in [2.45, 2.75) is 39.7 Å². The highest BCUT2D eigenvalue weighted by atomic mass is 16.5. The summed E-state index contributed by atoms with van der Waals surface area (Å²) in [5.41, 5.74) is 1.18. The minimum absolute atomic E-state index is 0.560. The lowest BCUT2D eigenvalue weighted by Gasteiger charge is -2.07. The molecule has 0 atom stereocenters. The zero-order chi connectivity index (χ0) is 13.8. The number of unbranched alkanes of at least 4 members (excludes halogenated alkanes) is 1. The maximum atomic E-state index is 5.51. The van der Waals surface area contributed by atoms with Gasteiger partial charge in [-0.25, -0.2) is 4.98 Å². The lowest BCUT2D eigenvalue weighted by atomic mass is 10.3. The number of aromatic nitrogens is 1. The van der Waals surface area contributed by atoms with Crippen LogP contribution in [0.2, 0.25) is 0 Å². The fourth-order valence-corrected chi connectivity index (χ4v) is 1.56. The second-order valence-corrected chi connectivity index (χ2v) is 4.50. The molecule has 19 heavy (non-hydrogen) atoms. The molecule has 1 aromatic rings. The van der Waals surface area contributed by atoms with Crippen LogP contribution in [0, 0.1) is 0 Å². The van der Waals surface area contributed by atoms with Gasteiger partial charge in [-0.2, -0.15) is 0 Å². The molecule has 0 amide bonds. The van der Waals surface area contributed by atoms with Gasteiger partial charge in [-0.15, -0.1) is 0 Å². The van der Waals surface area contributed by atoms with Crippen LogP contribution in [0.5, 0.6) is 5.88 Å². The van der Waals surface area contributed by atoms with E-state index in [1.807, 2.05) is 18.3 Å². The molecular weight excluding hydrogens is 240 g/mol. The summed E-state index contributed by atoms with van der Waals surface area (Å²) >= 11 is 0. The number of nitrogens with one attached hydrogen (secondary N) is 1. The van der Waals surface area contributed by atoms with Gasteiger partial charge in [0.15, 0.2) is 0 Å². The molecule has 0 aliphatic rings. The molecule has 0 fully saturated rings. The second kappa shape index (κ2) is 10.8. The first-order valence-electron chi connectivity index (χ1n) is 7.23. The van der Waals surface area contributed by atoms with E-state index >= 15 is 0 Å². The SMILES string of the molecule is CCCCOCCOc1ccc(CNCCC)cn1. The van der Waals surface area contributed by atoms with Gasteiger partial charge in [0.2, 0.25) is 5.88 Å². The predicted octanol–water partition coefficient (Wildman–Crippen LogP) is 2.78. The molecule has 1 heterocycles. The van der Waals surface area contributed by atoms with E-state index in [1.54, 1.807) is 0 Å². The van der Waals surface area contributed by atoms with Crippen LogP contribution in [0.4, 0.5) is 0 Å². The number of nitrogens with zero attached hydrogens (tertiary/aromatic N) is 1. The second-order valence-electron chi connectivity index (χ2n) is 4.50. The molecule has 0 saturated heterocycles. The quantitative estimate of drug-likeness (QED) is 0.625. The fourth-order valence-electron chi connectivity index (χ4n) is 1.56. The Kier molecular flexibility index (Phi) is 9.02. The Hall–Kier alpha value is -1.13. The van der Waals surface area contributed by atoms with Crippen LogP contribution >= 0.6 is 0 Å². The molecule has 4 nitrogen and oxygen atoms in total. The lowest BCUT2D eigenvalue weighted by molar-refractivity contribution is 0.0965. The van der Waals surface area contributed by atoms with Crippen molar-refractivity contribution in [3.8, 4) is 5.88 Å².